The quantitative estimate of drug-likeness (QED) is 0.833. The van der Waals surface area contributed by atoms with Crippen molar-refractivity contribution in [3.63, 3.8) is 0 Å². The van der Waals surface area contributed by atoms with Crippen LogP contribution >= 0.6 is 0 Å². The first-order valence-corrected chi connectivity index (χ1v) is 6.25. The molecule has 1 aliphatic carbocycles. The van der Waals surface area contributed by atoms with Gasteiger partial charge in [-0.05, 0) is 24.8 Å². The summed E-state index contributed by atoms with van der Waals surface area (Å²) in [6.07, 6.45) is 2.28. The van der Waals surface area contributed by atoms with Crippen molar-refractivity contribution in [1.82, 2.24) is 4.90 Å². The smallest absolute Gasteiger partial charge is 0.233 e. The van der Waals surface area contributed by atoms with E-state index in [9.17, 15) is 9.90 Å². The Hall–Kier alpha value is -1.35. The Kier molecular flexibility index (Phi) is 2.44. The number of hydrogen-bond acceptors (Lipinski definition) is 2. The lowest BCUT2D eigenvalue weighted by Gasteiger charge is -2.23. The van der Waals surface area contributed by atoms with Gasteiger partial charge in [0.2, 0.25) is 5.91 Å². The number of nitrogens with zero attached hydrogens (tertiary/aromatic N) is 1. The van der Waals surface area contributed by atoms with E-state index >= 15 is 0 Å². The van der Waals surface area contributed by atoms with Crippen LogP contribution < -0.4 is 0 Å². The fourth-order valence-electron chi connectivity index (χ4n) is 2.74. The summed E-state index contributed by atoms with van der Waals surface area (Å²) in [6, 6.07) is 10.0. The fraction of sp³-hybridized carbons (Fsp3) is 0.500. The average molecular weight is 231 g/mol. The Morgan fingerprint density at radius 1 is 1.29 bits per heavy atom. The molecule has 0 spiro atoms. The monoisotopic (exact) mass is 231 g/mol. The van der Waals surface area contributed by atoms with Crippen molar-refractivity contribution >= 4 is 5.91 Å². The van der Waals surface area contributed by atoms with Gasteiger partial charge in [-0.15, -0.1) is 0 Å². The third-order valence-electron chi connectivity index (χ3n) is 3.94. The molecule has 1 saturated heterocycles. The summed E-state index contributed by atoms with van der Waals surface area (Å²) < 4.78 is 0. The lowest BCUT2D eigenvalue weighted by Crippen LogP contribution is -2.38. The molecule has 0 unspecified atom stereocenters. The largest absolute Gasteiger partial charge is 0.391 e. The van der Waals surface area contributed by atoms with Gasteiger partial charge in [-0.25, -0.2) is 0 Å². The van der Waals surface area contributed by atoms with E-state index in [2.05, 4.69) is 0 Å². The van der Waals surface area contributed by atoms with Gasteiger partial charge < -0.3 is 10.0 Å². The number of aliphatic hydroxyl groups is 1. The van der Waals surface area contributed by atoms with E-state index in [1.54, 1.807) is 0 Å². The van der Waals surface area contributed by atoms with Crippen molar-refractivity contribution in [3.05, 3.63) is 35.9 Å². The van der Waals surface area contributed by atoms with Crippen LogP contribution in [0.1, 0.15) is 24.8 Å². The highest BCUT2D eigenvalue weighted by molar-refractivity contribution is 5.91. The van der Waals surface area contributed by atoms with E-state index in [4.69, 9.17) is 0 Å². The van der Waals surface area contributed by atoms with Crippen LogP contribution in [0.4, 0.5) is 0 Å². The van der Waals surface area contributed by atoms with E-state index in [0.29, 0.717) is 13.1 Å². The van der Waals surface area contributed by atoms with Crippen molar-refractivity contribution in [2.24, 2.45) is 0 Å². The molecular formula is C14H17NO2. The van der Waals surface area contributed by atoms with Crippen molar-refractivity contribution in [3.8, 4) is 0 Å². The molecule has 1 heterocycles. The molecule has 3 nitrogen and oxygen atoms in total. The molecular weight excluding hydrogens is 214 g/mol. The number of β-amino-alcohol motifs (C(OH)–C–C–N with tert-alkyl or cyclic N) is 1. The Balaban J connectivity index is 1.82. The number of carbonyl (C=O) groups is 1. The minimum Gasteiger partial charge on any atom is -0.391 e. The molecule has 1 atom stereocenters. The summed E-state index contributed by atoms with van der Waals surface area (Å²) in [5.74, 6) is 0.209. The van der Waals surface area contributed by atoms with Crippen LogP contribution in [0.15, 0.2) is 30.3 Å². The molecule has 17 heavy (non-hydrogen) atoms. The molecule has 3 heteroatoms. The molecule has 3 rings (SSSR count). The minimum atomic E-state index is -0.328. The molecule has 0 radical (unpaired) electrons. The summed E-state index contributed by atoms with van der Waals surface area (Å²) in [5.41, 5.74) is 0.858. The maximum atomic E-state index is 12.5. The SMILES string of the molecule is O=C(N1CC[C@@H](O)C1)C1(c2ccccc2)CC1. The molecule has 1 aromatic rings. The first-order chi connectivity index (χ1) is 8.22. The second-order valence-corrected chi connectivity index (χ2v) is 5.14. The molecule has 1 aromatic carbocycles. The van der Waals surface area contributed by atoms with Gasteiger partial charge in [0, 0.05) is 13.1 Å². The standard InChI is InChI=1S/C14H17NO2/c16-12-6-9-15(10-12)13(17)14(7-8-14)11-4-2-1-3-5-11/h1-5,12,16H,6-10H2/t12-/m1/s1. The third kappa shape index (κ3) is 1.75. The highest BCUT2D eigenvalue weighted by Crippen LogP contribution is 2.49. The van der Waals surface area contributed by atoms with Gasteiger partial charge in [0.25, 0.3) is 0 Å². The Morgan fingerprint density at radius 2 is 2.00 bits per heavy atom. The summed E-state index contributed by atoms with van der Waals surface area (Å²) in [4.78, 5) is 14.3. The van der Waals surface area contributed by atoms with Crippen LogP contribution in [-0.2, 0) is 10.2 Å². The normalized spacial score (nSPS) is 25.9. The molecule has 1 N–H and O–H groups in total. The molecule has 1 amide bonds. The van der Waals surface area contributed by atoms with E-state index in [-0.39, 0.29) is 17.4 Å². The zero-order valence-corrected chi connectivity index (χ0v) is 9.80. The van der Waals surface area contributed by atoms with E-state index in [1.165, 1.54) is 0 Å². The number of aliphatic hydroxyl groups excluding tert-OH is 1. The highest BCUT2D eigenvalue weighted by Gasteiger charge is 2.53. The fourth-order valence-corrected chi connectivity index (χ4v) is 2.74. The summed E-state index contributed by atoms with van der Waals surface area (Å²) >= 11 is 0. The van der Waals surface area contributed by atoms with Gasteiger partial charge >= 0.3 is 0 Å². The van der Waals surface area contributed by atoms with Crippen LogP contribution in [-0.4, -0.2) is 35.1 Å². The number of hydrogen-bond donors (Lipinski definition) is 1. The number of amides is 1. The number of rotatable bonds is 2. The van der Waals surface area contributed by atoms with Crippen molar-refractivity contribution in [2.75, 3.05) is 13.1 Å². The van der Waals surface area contributed by atoms with Crippen molar-refractivity contribution in [1.29, 1.82) is 0 Å². The second-order valence-electron chi connectivity index (χ2n) is 5.14. The lowest BCUT2D eigenvalue weighted by molar-refractivity contribution is -0.133. The van der Waals surface area contributed by atoms with Gasteiger partial charge in [-0.1, -0.05) is 30.3 Å². The zero-order valence-electron chi connectivity index (χ0n) is 9.80. The van der Waals surface area contributed by atoms with E-state index < -0.39 is 0 Å². The first kappa shape index (κ1) is 10.8. The Morgan fingerprint density at radius 3 is 2.53 bits per heavy atom. The lowest BCUT2D eigenvalue weighted by atomic mass is 9.94. The Labute approximate surface area is 101 Å². The van der Waals surface area contributed by atoms with Crippen LogP contribution in [0.25, 0.3) is 0 Å². The maximum absolute atomic E-state index is 12.5. The molecule has 1 aliphatic heterocycles. The van der Waals surface area contributed by atoms with Crippen molar-refractivity contribution in [2.45, 2.75) is 30.8 Å². The topological polar surface area (TPSA) is 40.5 Å². The predicted octanol–water partition coefficient (Wildman–Crippen LogP) is 1.31. The van der Waals surface area contributed by atoms with Crippen LogP contribution in [0, 0.1) is 0 Å². The minimum absolute atomic E-state index is 0.209. The first-order valence-electron chi connectivity index (χ1n) is 6.25. The molecule has 0 aromatic heterocycles. The predicted molar refractivity (Wildman–Crippen MR) is 64.6 cm³/mol. The summed E-state index contributed by atoms with van der Waals surface area (Å²) in [7, 11) is 0. The molecule has 2 aliphatic rings. The van der Waals surface area contributed by atoms with Gasteiger partial charge in [0.1, 0.15) is 0 Å². The van der Waals surface area contributed by atoms with Crippen LogP contribution in [0.2, 0.25) is 0 Å². The maximum Gasteiger partial charge on any atom is 0.233 e. The van der Waals surface area contributed by atoms with Gasteiger partial charge in [-0.2, -0.15) is 0 Å². The summed E-state index contributed by atoms with van der Waals surface area (Å²) in [6.45, 7) is 1.21. The number of likely N-dealkylation sites (tertiary alicyclic amines) is 1. The van der Waals surface area contributed by atoms with Crippen LogP contribution in [0.5, 0.6) is 0 Å². The Bertz CT molecular complexity index is 425. The third-order valence-corrected chi connectivity index (χ3v) is 3.94. The zero-order chi connectivity index (χ0) is 11.9. The van der Waals surface area contributed by atoms with Gasteiger partial charge in [0.15, 0.2) is 0 Å². The van der Waals surface area contributed by atoms with E-state index in [1.807, 2.05) is 35.2 Å². The van der Waals surface area contributed by atoms with Crippen LogP contribution in [0.3, 0.4) is 0 Å². The van der Waals surface area contributed by atoms with Gasteiger partial charge in [0.05, 0.1) is 11.5 Å². The molecule has 0 bridgehead atoms. The highest BCUT2D eigenvalue weighted by atomic mass is 16.3. The number of benzene rings is 1. The average Bonchev–Trinajstić information content (AvgIpc) is 3.07. The molecule has 1 saturated carbocycles. The second kappa shape index (κ2) is 3.84. The molecule has 2 fully saturated rings. The van der Waals surface area contributed by atoms with Crippen molar-refractivity contribution < 1.29 is 9.90 Å². The summed E-state index contributed by atoms with van der Waals surface area (Å²) in [5, 5.41) is 9.51. The van der Waals surface area contributed by atoms with E-state index in [0.717, 1.165) is 24.8 Å². The van der Waals surface area contributed by atoms with Gasteiger partial charge in [-0.3, -0.25) is 4.79 Å². The molecule has 90 valence electrons. The number of carbonyl (C=O) groups excluding carboxylic acids is 1.